The highest BCUT2D eigenvalue weighted by Gasteiger charge is 2.13. The molecule has 0 unspecified atom stereocenters. The van der Waals surface area contributed by atoms with Crippen molar-refractivity contribution in [3.05, 3.63) is 71.7 Å². The maximum absolute atomic E-state index is 4.56. The quantitative estimate of drug-likeness (QED) is 0.471. The van der Waals surface area contributed by atoms with Gasteiger partial charge in [0.25, 0.3) is 0 Å². The molecule has 5 rings (SSSR count). The second-order valence-electron chi connectivity index (χ2n) is 7.34. The molecule has 0 radical (unpaired) electrons. The van der Waals surface area contributed by atoms with Crippen LogP contribution in [0.1, 0.15) is 30.4 Å². The van der Waals surface area contributed by atoms with Crippen molar-refractivity contribution in [3.8, 4) is 22.5 Å². The highest BCUT2D eigenvalue weighted by Crippen LogP contribution is 2.29. The van der Waals surface area contributed by atoms with Gasteiger partial charge in [-0.2, -0.15) is 4.63 Å². The fraction of sp³-hybridized carbons (Fsp3) is 0.227. The third kappa shape index (κ3) is 3.26. The number of aromatic amines is 1. The van der Waals surface area contributed by atoms with Crippen LogP contribution in [-0.2, 0) is 13.0 Å². The van der Waals surface area contributed by atoms with Crippen LogP contribution in [0.25, 0.3) is 28.2 Å². The van der Waals surface area contributed by atoms with E-state index in [0.717, 1.165) is 47.5 Å². The molecular weight excluding hydrogens is 376 g/mol. The number of rotatable bonds is 6. The average Bonchev–Trinajstić information content (AvgIpc) is 3.48. The van der Waals surface area contributed by atoms with Crippen LogP contribution in [0.2, 0.25) is 0 Å². The van der Waals surface area contributed by atoms with E-state index >= 15 is 0 Å². The molecule has 8 nitrogen and oxygen atoms in total. The molecule has 0 bridgehead atoms. The lowest BCUT2D eigenvalue weighted by Gasteiger charge is -2.11. The van der Waals surface area contributed by atoms with E-state index in [4.69, 9.17) is 0 Å². The first-order chi connectivity index (χ1) is 14.7. The Morgan fingerprint density at radius 1 is 1.00 bits per heavy atom. The van der Waals surface area contributed by atoms with Gasteiger partial charge in [-0.25, -0.2) is 10.1 Å². The van der Waals surface area contributed by atoms with Gasteiger partial charge in [-0.05, 0) is 40.5 Å². The van der Waals surface area contributed by atoms with Crippen molar-refractivity contribution in [1.82, 2.24) is 40.0 Å². The van der Waals surface area contributed by atoms with Crippen LogP contribution < -0.4 is 0 Å². The van der Waals surface area contributed by atoms with Gasteiger partial charge in [0.1, 0.15) is 5.82 Å². The van der Waals surface area contributed by atoms with E-state index in [0.29, 0.717) is 5.82 Å². The number of H-pyrrole nitrogens is 1. The monoisotopic (exact) mass is 398 g/mol. The predicted molar refractivity (Wildman–Crippen MR) is 114 cm³/mol. The summed E-state index contributed by atoms with van der Waals surface area (Å²) in [6.45, 7) is 4.86. The zero-order chi connectivity index (χ0) is 20.5. The largest absolute Gasteiger partial charge is 0.263 e. The molecule has 0 saturated carbocycles. The lowest BCUT2D eigenvalue weighted by atomic mass is 9.98. The van der Waals surface area contributed by atoms with Gasteiger partial charge < -0.3 is 0 Å². The van der Waals surface area contributed by atoms with Crippen molar-refractivity contribution < 1.29 is 0 Å². The summed E-state index contributed by atoms with van der Waals surface area (Å²) < 4.78 is 4.13. The molecular formula is C22H22N8. The van der Waals surface area contributed by atoms with Crippen molar-refractivity contribution in [2.45, 2.75) is 33.2 Å². The molecule has 3 aromatic heterocycles. The number of tetrazole rings is 1. The molecule has 8 heteroatoms. The first-order valence-electron chi connectivity index (χ1n) is 10.1. The zero-order valence-electron chi connectivity index (χ0n) is 16.9. The minimum absolute atomic E-state index is 0.662. The van der Waals surface area contributed by atoms with Crippen molar-refractivity contribution in [2.24, 2.45) is 0 Å². The Balaban J connectivity index is 1.48. The van der Waals surface area contributed by atoms with Gasteiger partial charge >= 0.3 is 0 Å². The van der Waals surface area contributed by atoms with Crippen molar-refractivity contribution in [2.75, 3.05) is 0 Å². The minimum Gasteiger partial charge on any atom is -0.263 e. The fourth-order valence-corrected chi connectivity index (χ4v) is 3.84. The van der Waals surface area contributed by atoms with Gasteiger partial charge in [0, 0.05) is 17.3 Å². The SMILES string of the molecule is CCCc1cc2nc(C)nn2n1Cc1ccc(-c2ccccc2-c2nnn[nH]2)cc1. The maximum Gasteiger partial charge on any atom is 0.180 e. The van der Waals surface area contributed by atoms with Crippen LogP contribution >= 0.6 is 0 Å². The van der Waals surface area contributed by atoms with Gasteiger partial charge in [0.2, 0.25) is 0 Å². The summed E-state index contributed by atoms with van der Waals surface area (Å²) in [5.74, 6) is 1.45. The molecule has 0 spiro atoms. The van der Waals surface area contributed by atoms with Crippen LogP contribution in [0.3, 0.4) is 0 Å². The van der Waals surface area contributed by atoms with Gasteiger partial charge in [0.05, 0.1) is 6.54 Å². The topological polar surface area (TPSA) is 89.6 Å². The number of hydrogen-bond acceptors (Lipinski definition) is 5. The van der Waals surface area contributed by atoms with Gasteiger partial charge in [0.15, 0.2) is 11.5 Å². The third-order valence-electron chi connectivity index (χ3n) is 5.21. The summed E-state index contributed by atoms with van der Waals surface area (Å²) in [6.07, 6.45) is 2.08. The summed E-state index contributed by atoms with van der Waals surface area (Å²) in [5, 5.41) is 18.9. The molecule has 0 aliphatic carbocycles. The third-order valence-corrected chi connectivity index (χ3v) is 5.21. The predicted octanol–water partition coefficient (Wildman–Crippen LogP) is 3.69. The Hall–Kier alpha value is -3.81. The van der Waals surface area contributed by atoms with E-state index in [1.807, 2.05) is 29.8 Å². The molecule has 30 heavy (non-hydrogen) atoms. The normalized spacial score (nSPS) is 11.4. The smallest absolute Gasteiger partial charge is 0.180 e. The van der Waals surface area contributed by atoms with E-state index in [9.17, 15) is 0 Å². The Labute approximate surface area is 173 Å². The molecule has 0 atom stereocenters. The second kappa shape index (κ2) is 7.55. The van der Waals surface area contributed by atoms with Crippen LogP contribution in [0.4, 0.5) is 0 Å². The van der Waals surface area contributed by atoms with E-state index in [1.165, 1.54) is 11.3 Å². The van der Waals surface area contributed by atoms with E-state index in [-0.39, 0.29) is 0 Å². The molecule has 2 aromatic carbocycles. The average molecular weight is 398 g/mol. The molecule has 5 aromatic rings. The second-order valence-corrected chi connectivity index (χ2v) is 7.34. The van der Waals surface area contributed by atoms with Crippen LogP contribution in [0.15, 0.2) is 54.6 Å². The standard InChI is InChI=1S/C22H22N8/c1-3-6-18-13-21-23-15(2)26-30(21)29(18)14-16-9-11-17(12-10-16)19-7-4-5-8-20(19)22-24-27-28-25-22/h4-5,7-13H,3,6,14H2,1-2H3,(H,24,25,27,28). The van der Waals surface area contributed by atoms with Gasteiger partial charge in [-0.15, -0.1) is 10.2 Å². The molecule has 0 aliphatic heterocycles. The van der Waals surface area contributed by atoms with Crippen LogP contribution in [-0.4, -0.2) is 40.0 Å². The van der Waals surface area contributed by atoms with Crippen molar-refractivity contribution >= 4 is 5.65 Å². The Morgan fingerprint density at radius 2 is 1.80 bits per heavy atom. The Bertz CT molecular complexity index is 1280. The van der Waals surface area contributed by atoms with Crippen molar-refractivity contribution in [1.29, 1.82) is 0 Å². The zero-order valence-corrected chi connectivity index (χ0v) is 16.9. The minimum atomic E-state index is 0.662. The molecule has 1 N–H and O–H groups in total. The maximum atomic E-state index is 4.56. The van der Waals surface area contributed by atoms with Crippen LogP contribution in [0.5, 0.6) is 0 Å². The van der Waals surface area contributed by atoms with E-state index in [2.05, 4.69) is 78.7 Å². The highest BCUT2D eigenvalue weighted by molar-refractivity contribution is 5.80. The number of nitrogens with one attached hydrogen (secondary N) is 1. The summed E-state index contributed by atoms with van der Waals surface area (Å²) in [5.41, 5.74) is 6.55. The highest BCUT2D eigenvalue weighted by atomic mass is 15.5. The summed E-state index contributed by atoms with van der Waals surface area (Å²) in [7, 11) is 0. The van der Waals surface area contributed by atoms with Gasteiger partial charge in [-0.1, -0.05) is 61.9 Å². The number of benzene rings is 2. The number of aryl methyl sites for hydroxylation is 2. The summed E-state index contributed by atoms with van der Waals surface area (Å²) >= 11 is 0. The first-order valence-corrected chi connectivity index (χ1v) is 10.1. The Morgan fingerprint density at radius 3 is 2.53 bits per heavy atom. The molecule has 0 fully saturated rings. The molecule has 150 valence electrons. The molecule has 0 saturated heterocycles. The fourth-order valence-electron chi connectivity index (χ4n) is 3.84. The van der Waals surface area contributed by atoms with Crippen LogP contribution in [0, 0.1) is 6.92 Å². The molecule has 0 amide bonds. The number of aromatic nitrogens is 8. The number of nitrogens with zero attached hydrogens (tertiary/aromatic N) is 7. The first kappa shape index (κ1) is 18.2. The number of fused-ring (bicyclic) bond motifs is 1. The molecule has 3 heterocycles. The summed E-state index contributed by atoms with van der Waals surface area (Å²) in [6, 6.07) is 18.9. The lowest BCUT2D eigenvalue weighted by Crippen LogP contribution is -2.12. The summed E-state index contributed by atoms with van der Waals surface area (Å²) in [4.78, 5) is 4.52. The van der Waals surface area contributed by atoms with Crippen molar-refractivity contribution in [3.63, 3.8) is 0 Å². The lowest BCUT2D eigenvalue weighted by molar-refractivity contribution is 0.553. The molecule has 0 aliphatic rings. The Kier molecular flexibility index (Phi) is 4.59. The van der Waals surface area contributed by atoms with E-state index < -0.39 is 0 Å². The van der Waals surface area contributed by atoms with E-state index in [1.54, 1.807) is 0 Å². The number of hydrogen-bond donors (Lipinski definition) is 1. The van der Waals surface area contributed by atoms with Gasteiger partial charge in [-0.3, -0.25) is 4.68 Å².